The summed E-state index contributed by atoms with van der Waals surface area (Å²) in [5.74, 6) is -0.0421. The van der Waals surface area contributed by atoms with E-state index >= 15 is 0 Å². The summed E-state index contributed by atoms with van der Waals surface area (Å²) in [7, 11) is 1.75. The summed E-state index contributed by atoms with van der Waals surface area (Å²) >= 11 is 1.60. The standard InChI is InChI=1S/C10H17N3O2S/c1-8-12-5-9(16-8)6-13(2)10(14)7-15-4-3-11/h5H,3-4,6-7,11H2,1-2H3. The van der Waals surface area contributed by atoms with Crippen LogP contribution < -0.4 is 5.73 Å². The van der Waals surface area contributed by atoms with Crippen LogP contribution in [0.3, 0.4) is 0 Å². The molecule has 0 saturated carbocycles. The maximum absolute atomic E-state index is 11.6. The molecule has 0 spiro atoms. The Hall–Kier alpha value is -0.980. The molecule has 0 atom stereocenters. The van der Waals surface area contributed by atoms with Crippen molar-refractivity contribution in [2.45, 2.75) is 13.5 Å². The van der Waals surface area contributed by atoms with Crippen LogP contribution in [0.2, 0.25) is 0 Å². The molecule has 1 rings (SSSR count). The minimum absolute atomic E-state index is 0.0421. The van der Waals surface area contributed by atoms with Crippen LogP contribution in [-0.4, -0.2) is 42.6 Å². The van der Waals surface area contributed by atoms with Gasteiger partial charge in [0.1, 0.15) is 6.61 Å². The van der Waals surface area contributed by atoms with Crippen molar-refractivity contribution in [1.82, 2.24) is 9.88 Å². The molecule has 2 N–H and O–H groups in total. The highest BCUT2D eigenvalue weighted by Gasteiger charge is 2.10. The fourth-order valence-corrected chi connectivity index (χ4v) is 2.00. The Morgan fingerprint density at radius 1 is 1.69 bits per heavy atom. The van der Waals surface area contributed by atoms with Crippen LogP contribution in [0.5, 0.6) is 0 Å². The van der Waals surface area contributed by atoms with Crippen LogP contribution in [-0.2, 0) is 16.1 Å². The Balaban J connectivity index is 2.34. The third-order valence-electron chi connectivity index (χ3n) is 1.98. The van der Waals surface area contributed by atoms with E-state index in [-0.39, 0.29) is 12.5 Å². The van der Waals surface area contributed by atoms with Gasteiger partial charge in [-0.3, -0.25) is 4.79 Å². The number of carbonyl (C=O) groups excluding carboxylic acids is 1. The van der Waals surface area contributed by atoms with Crippen LogP contribution in [0.25, 0.3) is 0 Å². The van der Waals surface area contributed by atoms with Gasteiger partial charge in [0.25, 0.3) is 0 Å². The molecule has 0 aliphatic carbocycles. The van der Waals surface area contributed by atoms with E-state index in [1.165, 1.54) is 0 Å². The van der Waals surface area contributed by atoms with E-state index in [0.717, 1.165) is 9.88 Å². The molecule has 1 aromatic rings. The maximum Gasteiger partial charge on any atom is 0.248 e. The number of thiazole rings is 1. The zero-order chi connectivity index (χ0) is 12.0. The lowest BCUT2D eigenvalue weighted by Gasteiger charge is -2.15. The van der Waals surface area contributed by atoms with Gasteiger partial charge < -0.3 is 15.4 Å². The number of ether oxygens (including phenoxy) is 1. The van der Waals surface area contributed by atoms with Crippen LogP contribution in [0.1, 0.15) is 9.88 Å². The monoisotopic (exact) mass is 243 g/mol. The lowest BCUT2D eigenvalue weighted by Crippen LogP contribution is -2.30. The number of hydrogen-bond donors (Lipinski definition) is 1. The number of aromatic nitrogens is 1. The minimum Gasteiger partial charge on any atom is -0.370 e. The normalized spacial score (nSPS) is 10.4. The number of aryl methyl sites for hydroxylation is 1. The topological polar surface area (TPSA) is 68.5 Å². The van der Waals surface area contributed by atoms with E-state index in [9.17, 15) is 4.79 Å². The smallest absolute Gasteiger partial charge is 0.248 e. The summed E-state index contributed by atoms with van der Waals surface area (Å²) < 4.78 is 5.08. The number of hydrogen-bond acceptors (Lipinski definition) is 5. The molecule has 0 aromatic carbocycles. The molecule has 90 valence electrons. The molecule has 0 radical (unpaired) electrons. The van der Waals surface area contributed by atoms with Gasteiger partial charge in [-0.25, -0.2) is 4.98 Å². The van der Waals surface area contributed by atoms with Crippen molar-refractivity contribution in [3.63, 3.8) is 0 Å². The van der Waals surface area contributed by atoms with E-state index in [1.807, 2.05) is 6.92 Å². The second-order valence-corrected chi connectivity index (χ2v) is 4.76. The summed E-state index contributed by atoms with van der Waals surface area (Å²) in [5.41, 5.74) is 5.26. The Labute approximate surface area is 99.2 Å². The molecule has 1 aromatic heterocycles. The fourth-order valence-electron chi connectivity index (χ4n) is 1.15. The maximum atomic E-state index is 11.6. The Kier molecular flexibility index (Phi) is 5.37. The van der Waals surface area contributed by atoms with Crippen molar-refractivity contribution in [1.29, 1.82) is 0 Å². The van der Waals surface area contributed by atoms with Gasteiger partial charge in [0.15, 0.2) is 0 Å². The van der Waals surface area contributed by atoms with E-state index in [2.05, 4.69) is 4.98 Å². The highest BCUT2D eigenvalue weighted by Crippen LogP contribution is 2.13. The molecule has 1 amide bonds. The Bertz CT molecular complexity index is 341. The molecule has 0 aliphatic rings. The van der Waals surface area contributed by atoms with Gasteiger partial charge in [-0.15, -0.1) is 11.3 Å². The summed E-state index contributed by atoms with van der Waals surface area (Å²) in [5, 5.41) is 1.01. The van der Waals surface area contributed by atoms with Gasteiger partial charge in [-0.1, -0.05) is 0 Å². The zero-order valence-corrected chi connectivity index (χ0v) is 10.4. The molecule has 1 heterocycles. The van der Waals surface area contributed by atoms with Crippen molar-refractivity contribution in [3.8, 4) is 0 Å². The quantitative estimate of drug-likeness (QED) is 0.734. The lowest BCUT2D eigenvalue weighted by molar-refractivity contribution is -0.135. The number of amides is 1. The van der Waals surface area contributed by atoms with Gasteiger partial charge in [0.2, 0.25) is 5.91 Å². The zero-order valence-electron chi connectivity index (χ0n) is 9.60. The van der Waals surface area contributed by atoms with Crippen molar-refractivity contribution in [3.05, 3.63) is 16.1 Å². The largest absolute Gasteiger partial charge is 0.370 e. The van der Waals surface area contributed by atoms with Crippen LogP contribution in [0, 0.1) is 6.92 Å². The number of rotatable bonds is 6. The van der Waals surface area contributed by atoms with Crippen molar-refractivity contribution in [2.75, 3.05) is 26.8 Å². The highest BCUT2D eigenvalue weighted by molar-refractivity contribution is 7.11. The summed E-state index contributed by atoms with van der Waals surface area (Å²) in [6.07, 6.45) is 1.80. The van der Waals surface area contributed by atoms with Gasteiger partial charge >= 0.3 is 0 Å². The number of carbonyl (C=O) groups is 1. The predicted molar refractivity (Wildman–Crippen MR) is 63.2 cm³/mol. The second kappa shape index (κ2) is 6.57. The first kappa shape index (κ1) is 13.1. The minimum atomic E-state index is -0.0421. The molecular formula is C10H17N3O2S. The Morgan fingerprint density at radius 2 is 2.44 bits per heavy atom. The molecule has 0 unspecified atom stereocenters. The van der Waals surface area contributed by atoms with Crippen molar-refractivity contribution in [2.24, 2.45) is 5.73 Å². The predicted octanol–water partition coefficient (Wildman–Crippen LogP) is 0.385. The van der Waals surface area contributed by atoms with Crippen molar-refractivity contribution >= 4 is 17.2 Å². The first-order valence-corrected chi connectivity index (χ1v) is 5.88. The molecular weight excluding hydrogens is 226 g/mol. The van der Waals surface area contributed by atoms with Crippen molar-refractivity contribution < 1.29 is 9.53 Å². The number of nitrogens with two attached hydrogens (primary N) is 1. The SMILES string of the molecule is Cc1ncc(CN(C)C(=O)COCCN)s1. The van der Waals surface area contributed by atoms with Gasteiger partial charge in [0, 0.05) is 24.7 Å². The molecule has 5 nitrogen and oxygen atoms in total. The third-order valence-corrected chi connectivity index (χ3v) is 2.87. The molecule has 6 heteroatoms. The molecule has 0 aliphatic heterocycles. The van der Waals surface area contributed by atoms with Crippen LogP contribution >= 0.6 is 11.3 Å². The average molecular weight is 243 g/mol. The summed E-state index contributed by atoms with van der Waals surface area (Å²) in [6.45, 7) is 3.46. The van der Waals surface area contributed by atoms with Crippen LogP contribution in [0.4, 0.5) is 0 Å². The van der Waals surface area contributed by atoms with Gasteiger partial charge in [-0.05, 0) is 6.92 Å². The number of nitrogens with zero attached hydrogens (tertiary/aromatic N) is 2. The fraction of sp³-hybridized carbons (Fsp3) is 0.600. The highest BCUT2D eigenvalue weighted by atomic mass is 32.1. The van der Waals surface area contributed by atoms with Gasteiger partial charge in [0.05, 0.1) is 18.2 Å². The molecule has 16 heavy (non-hydrogen) atoms. The average Bonchev–Trinajstić information content (AvgIpc) is 2.64. The third kappa shape index (κ3) is 4.26. The van der Waals surface area contributed by atoms with E-state index < -0.39 is 0 Å². The molecule has 0 bridgehead atoms. The van der Waals surface area contributed by atoms with Crippen LogP contribution in [0.15, 0.2) is 6.20 Å². The molecule has 0 fully saturated rings. The lowest BCUT2D eigenvalue weighted by atomic mass is 10.4. The molecule has 0 saturated heterocycles. The van der Waals surface area contributed by atoms with E-state index in [4.69, 9.17) is 10.5 Å². The summed E-state index contributed by atoms with van der Waals surface area (Å²) in [6, 6.07) is 0. The van der Waals surface area contributed by atoms with E-state index in [0.29, 0.717) is 19.7 Å². The first-order valence-electron chi connectivity index (χ1n) is 5.06. The number of likely N-dealkylation sites (N-methyl/N-ethyl adjacent to an activating group) is 1. The van der Waals surface area contributed by atoms with Gasteiger partial charge in [-0.2, -0.15) is 0 Å². The summed E-state index contributed by atoms with van der Waals surface area (Å²) in [4.78, 5) is 18.4. The van der Waals surface area contributed by atoms with E-state index in [1.54, 1.807) is 29.5 Å². The Morgan fingerprint density at radius 3 is 3.00 bits per heavy atom. The first-order chi connectivity index (χ1) is 7.63. The second-order valence-electron chi connectivity index (χ2n) is 3.44.